The van der Waals surface area contributed by atoms with Crippen molar-refractivity contribution in [3.05, 3.63) is 59.2 Å². The molecule has 1 unspecified atom stereocenters. The Balaban J connectivity index is 2.45. The third-order valence-corrected chi connectivity index (χ3v) is 5.35. The second-order valence-electron chi connectivity index (χ2n) is 8.05. The van der Waals surface area contributed by atoms with Crippen LogP contribution >= 0.6 is 0 Å². The number of ether oxygens (including phenoxy) is 1. The molecule has 0 spiro atoms. The van der Waals surface area contributed by atoms with Crippen LogP contribution in [0, 0.1) is 0 Å². The molecular formula is C26H37F3O3. The summed E-state index contributed by atoms with van der Waals surface area (Å²) < 4.78 is 42.8. The molecule has 180 valence electrons. The van der Waals surface area contributed by atoms with Gasteiger partial charge in [-0.25, -0.2) is 0 Å². The molecule has 0 saturated carbocycles. The van der Waals surface area contributed by atoms with Crippen molar-refractivity contribution in [3.63, 3.8) is 0 Å². The molecule has 0 aliphatic rings. The Bertz CT molecular complexity index is 706. The Morgan fingerprint density at radius 1 is 1.00 bits per heavy atom. The molecular weight excluding hydrogens is 417 g/mol. The lowest BCUT2D eigenvalue weighted by atomic mass is 9.99. The van der Waals surface area contributed by atoms with Crippen molar-refractivity contribution in [3.8, 4) is 0 Å². The highest BCUT2D eigenvalue weighted by molar-refractivity contribution is 5.68. The van der Waals surface area contributed by atoms with Gasteiger partial charge in [0.05, 0.1) is 18.8 Å². The number of aliphatic hydroxyl groups is 1. The normalized spacial score (nSPS) is 13.5. The fourth-order valence-corrected chi connectivity index (χ4v) is 3.36. The standard InChI is InChI=1S/C26H37F3O3/c1-3-4-13-21(14-11-9-7-5-6-8-10-12-15-25(31)32-2)20-24(30)22-16-18-23(19-17-22)26(27,28)29/h9,11,16-20,24,30H,3-8,10,12-15H2,1-2H3/b11-9+,21-20+. The van der Waals surface area contributed by atoms with Crippen LogP contribution in [0.3, 0.4) is 0 Å². The van der Waals surface area contributed by atoms with Gasteiger partial charge in [-0.1, -0.05) is 68.5 Å². The molecule has 0 radical (unpaired) electrons. The molecule has 1 atom stereocenters. The van der Waals surface area contributed by atoms with Gasteiger partial charge < -0.3 is 9.84 Å². The number of hydrogen-bond acceptors (Lipinski definition) is 3. The van der Waals surface area contributed by atoms with Crippen LogP contribution in [0.15, 0.2) is 48.1 Å². The number of carbonyl (C=O) groups excluding carboxylic acids is 1. The van der Waals surface area contributed by atoms with Crippen molar-refractivity contribution in [2.45, 2.75) is 89.8 Å². The van der Waals surface area contributed by atoms with Gasteiger partial charge in [0.25, 0.3) is 0 Å². The Morgan fingerprint density at radius 2 is 1.66 bits per heavy atom. The van der Waals surface area contributed by atoms with Crippen LogP contribution in [0.1, 0.15) is 94.8 Å². The summed E-state index contributed by atoms with van der Waals surface area (Å²) in [5.41, 5.74) is 0.844. The van der Waals surface area contributed by atoms with Crippen LogP contribution in [0.25, 0.3) is 0 Å². The van der Waals surface area contributed by atoms with Crippen molar-refractivity contribution >= 4 is 5.97 Å². The van der Waals surface area contributed by atoms with E-state index in [2.05, 4.69) is 23.8 Å². The number of esters is 1. The Kier molecular flexibility index (Phi) is 13.7. The Labute approximate surface area is 190 Å². The van der Waals surface area contributed by atoms with Gasteiger partial charge in [-0.2, -0.15) is 13.2 Å². The van der Waals surface area contributed by atoms with Gasteiger partial charge in [0.15, 0.2) is 0 Å². The fraction of sp³-hybridized carbons (Fsp3) is 0.577. The zero-order valence-electron chi connectivity index (χ0n) is 19.3. The molecule has 0 bridgehead atoms. The van der Waals surface area contributed by atoms with E-state index < -0.39 is 17.8 Å². The predicted octanol–water partition coefficient (Wildman–Crippen LogP) is 7.71. The van der Waals surface area contributed by atoms with Crippen molar-refractivity contribution in [1.29, 1.82) is 0 Å². The van der Waals surface area contributed by atoms with E-state index in [-0.39, 0.29) is 5.97 Å². The molecule has 1 rings (SSSR count). The maximum absolute atomic E-state index is 12.7. The van der Waals surface area contributed by atoms with Crippen LogP contribution in [0.5, 0.6) is 0 Å². The highest BCUT2D eigenvalue weighted by atomic mass is 19.4. The summed E-state index contributed by atoms with van der Waals surface area (Å²) >= 11 is 0. The highest BCUT2D eigenvalue weighted by Gasteiger charge is 2.30. The molecule has 0 aromatic heterocycles. The van der Waals surface area contributed by atoms with Gasteiger partial charge in [0.2, 0.25) is 0 Å². The molecule has 0 fully saturated rings. The zero-order chi connectivity index (χ0) is 23.8. The van der Waals surface area contributed by atoms with Gasteiger partial charge in [-0.15, -0.1) is 0 Å². The SMILES string of the molecule is CCCC/C(=C\C(O)c1ccc(C(F)(F)F)cc1)C/C=C/CCCCCCCC(=O)OC. The summed E-state index contributed by atoms with van der Waals surface area (Å²) in [4.78, 5) is 11.0. The monoisotopic (exact) mass is 454 g/mol. The van der Waals surface area contributed by atoms with Crippen molar-refractivity contribution < 1.29 is 27.8 Å². The maximum Gasteiger partial charge on any atom is 0.416 e. The molecule has 0 aliphatic carbocycles. The third-order valence-electron chi connectivity index (χ3n) is 5.35. The molecule has 1 aromatic carbocycles. The summed E-state index contributed by atoms with van der Waals surface area (Å²) in [5, 5.41) is 10.5. The van der Waals surface area contributed by atoms with E-state index in [1.165, 1.54) is 19.2 Å². The smallest absolute Gasteiger partial charge is 0.416 e. The predicted molar refractivity (Wildman–Crippen MR) is 122 cm³/mol. The van der Waals surface area contributed by atoms with Gasteiger partial charge in [0, 0.05) is 6.42 Å². The Hall–Kier alpha value is -2.08. The molecule has 6 heteroatoms. The molecule has 1 aromatic rings. The minimum atomic E-state index is -4.38. The molecule has 0 aliphatic heterocycles. The van der Waals surface area contributed by atoms with Crippen LogP contribution in [-0.4, -0.2) is 18.2 Å². The Morgan fingerprint density at radius 3 is 2.28 bits per heavy atom. The summed E-state index contributed by atoms with van der Waals surface area (Å²) in [5.74, 6) is -0.150. The number of benzene rings is 1. The number of allylic oxidation sites excluding steroid dienone is 3. The molecule has 0 amide bonds. The van der Waals surface area contributed by atoms with E-state index in [0.29, 0.717) is 12.0 Å². The largest absolute Gasteiger partial charge is 0.469 e. The number of carbonyl (C=O) groups is 1. The van der Waals surface area contributed by atoms with Gasteiger partial charge >= 0.3 is 12.1 Å². The van der Waals surface area contributed by atoms with Crippen LogP contribution in [0.4, 0.5) is 13.2 Å². The minimum absolute atomic E-state index is 0.150. The molecule has 3 nitrogen and oxygen atoms in total. The number of rotatable bonds is 15. The van der Waals surface area contributed by atoms with E-state index in [9.17, 15) is 23.1 Å². The average Bonchev–Trinajstić information content (AvgIpc) is 2.77. The number of halogens is 3. The first-order chi connectivity index (χ1) is 15.3. The second kappa shape index (κ2) is 15.7. The lowest BCUT2D eigenvalue weighted by Crippen LogP contribution is -2.05. The quantitative estimate of drug-likeness (QED) is 0.168. The first-order valence-corrected chi connectivity index (χ1v) is 11.5. The van der Waals surface area contributed by atoms with Crippen LogP contribution < -0.4 is 0 Å². The van der Waals surface area contributed by atoms with Crippen LogP contribution in [0.2, 0.25) is 0 Å². The second-order valence-corrected chi connectivity index (χ2v) is 8.05. The number of hydrogen-bond donors (Lipinski definition) is 1. The number of unbranched alkanes of at least 4 members (excludes halogenated alkanes) is 6. The van der Waals surface area contributed by atoms with Crippen LogP contribution in [-0.2, 0) is 15.7 Å². The van der Waals surface area contributed by atoms with E-state index in [4.69, 9.17) is 0 Å². The molecule has 0 saturated heterocycles. The maximum atomic E-state index is 12.7. The number of alkyl halides is 3. The van der Waals surface area contributed by atoms with Gasteiger partial charge in [0.1, 0.15) is 0 Å². The molecule has 0 heterocycles. The third kappa shape index (κ3) is 12.1. The molecule has 1 N–H and O–H groups in total. The summed E-state index contributed by atoms with van der Waals surface area (Å²) in [7, 11) is 1.41. The van der Waals surface area contributed by atoms with Gasteiger partial charge in [-0.05, 0) is 56.2 Å². The molecule has 32 heavy (non-hydrogen) atoms. The first kappa shape index (κ1) is 28.0. The lowest BCUT2D eigenvalue weighted by Gasteiger charge is -2.12. The topological polar surface area (TPSA) is 46.5 Å². The van der Waals surface area contributed by atoms with Crippen molar-refractivity contribution in [1.82, 2.24) is 0 Å². The van der Waals surface area contributed by atoms with E-state index in [1.54, 1.807) is 6.08 Å². The van der Waals surface area contributed by atoms with E-state index in [0.717, 1.165) is 81.9 Å². The lowest BCUT2D eigenvalue weighted by molar-refractivity contribution is -0.140. The average molecular weight is 455 g/mol. The fourth-order valence-electron chi connectivity index (χ4n) is 3.36. The van der Waals surface area contributed by atoms with Gasteiger partial charge in [-0.3, -0.25) is 4.79 Å². The van der Waals surface area contributed by atoms with E-state index >= 15 is 0 Å². The summed E-state index contributed by atoms with van der Waals surface area (Å²) in [6, 6.07) is 4.69. The summed E-state index contributed by atoms with van der Waals surface area (Å²) in [6.07, 6.45) is 11.1. The van der Waals surface area contributed by atoms with Crippen molar-refractivity contribution in [2.24, 2.45) is 0 Å². The number of methoxy groups -OCH3 is 1. The number of aliphatic hydroxyl groups excluding tert-OH is 1. The zero-order valence-corrected chi connectivity index (χ0v) is 19.3. The first-order valence-electron chi connectivity index (χ1n) is 11.5. The van der Waals surface area contributed by atoms with Crippen molar-refractivity contribution in [2.75, 3.05) is 7.11 Å². The highest BCUT2D eigenvalue weighted by Crippen LogP contribution is 2.30. The minimum Gasteiger partial charge on any atom is -0.469 e. The summed E-state index contributed by atoms with van der Waals surface area (Å²) in [6.45, 7) is 2.10. The van der Waals surface area contributed by atoms with E-state index in [1.807, 2.05) is 0 Å².